The summed E-state index contributed by atoms with van der Waals surface area (Å²) in [6.45, 7) is 0.633. The molecule has 0 saturated heterocycles. The second kappa shape index (κ2) is 5.02. The molecule has 1 aromatic carbocycles. The number of aromatic nitrogens is 3. The Morgan fingerprint density at radius 3 is 2.80 bits per heavy atom. The van der Waals surface area contributed by atoms with Gasteiger partial charge in [0.05, 0.1) is 23.1 Å². The summed E-state index contributed by atoms with van der Waals surface area (Å²) >= 11 is 0. The highest BCUT2D eigenvalue weighted by molar-refractivity contribution is 5.74. The molecule has 0 aliphatic heterocycles. The van der Waals surface area contributed by atoms with Crippen LogP contribution in [0.5, 0.6) is 0 Å². The van der Waals surface area contributed by atoms with Gasteiger partial charge in [-0.1, -0.05) is 12.1 Å². The van der Waals surface area contributed by atoms with Crippen LogP contribution < -0.4 is 4.90 Å². The Morgan fingerprint density at radius 1 is 1.25 bits per heavy atom. The zero-order valence-electron chi connectivity index (χ0n) is 11.0. The summed E-state index contributed by atoms with van der Waals surface area (Å²) in [7, 11) is 1.95. The van der Waals surface area contributed by atoms with Gasteiger partial charge in [0.1, 0.15) is 17.7 Å². The Bertz CT molecular complexity index is 734. The van der Waals surface area contributed by atoms with Crippen molar-refractivity contribution in [2.75, 3.05) is 11.9 Å². The summed E-state index contributed by atoms with van der Waals surface area (Å²) in [6, 6.07) is 13.6. The molecule has 0 radical (unpaired) electrons. The molecule has 0 spiro atoms. The highest BCUT2D eigenvalue weighted by atomic mass is 15.2. The van der Waals surface area contributed by atoms with Gasteiger partial charge in [-0.3, -0.25) is 0 Å². The van der Waals surface area contributed by atoms with Gasteiger partial charge in [0.25, 0.3) is 0 Å². The number of nitrogens with zero attached hydrogens (tertiary/aromatic N) is 4. The molecule has 3 rings (SSSR count). The molecule has 98 valence electrons. The topological polar surface area (TPSA) is 68.6 Å². The molecule has 0 amide bonds. The summed E-state index contributed by atoms with van der Waals surface area (Å²) in [6.07, 6.45) is 1.57. The van der Waals surface area contributed by atoms with Crippen molar-refractivity contribution in [1.82, 2.24) is 15.0 Å². The largest absolute Gasteiger partial charge is 0.352 e. The van der Waals surface area contributed by atoms with Crippen molar-refractivity contribution < 1.29 is 0 Å². The fourth-order valence-corrected chi connectivity index (χ4v) is 2.06. The monoisotopic (exact) mass is 263 g/mol. The Morgan fingerprint density at radius 2 is 2.10 bits per heavy atom. The number of nitriles is 1. The minimum Gasteiger partial charge on any atom is -0.352 e. The van der Waals surface area contributed by atoms with E-state index >= 15 is 0 Å². The van der Waals surface area contributed by atoms with Crippen LogP contribution in [0.15, 0.2) is 42.6 Å². The van der Waals surface area contributed by atoms with Gasteiger partial charge in [-0.25, -0.2) is 9.97 Å². The van der Waals surface area contributed by atoms with Crippen LogP contribution >= 0.6 is 0 Å². The quantitative estimate of drug-likeness (QED) is 0.788. The lowest BCUT2D eigenvalue weighted by Crippen LogP contribution is -2.18. The maximum absolute atomic E-state index is 8.76. The third-order valence-electron chi connectivity index (χ3n) is 3.09. The molecule has 0 atom stereocenters. The molecule has 5 heteroatoms. The minimum absolute atomic E-state index is 0.561. The highest BCUT2D eigenvalue weighted by Crippen LogP contribution is 2.14. The van der Waals surface area contributed by atoms with E-state index in [4.69, 9.17) is 5.26 Å². The van der Waals surface area contributed by atoms with Crippen LogP contribution in [0.4, 0.5) is 5.82 Å². The van der Waals surface area contributed by atoms with E-state index in [9.17, 15) is 0 Å². The van der Waals surface area contributed by atoms with Crippen molar-refractivity contribution in [3.8, 4) is 6.07 Å². The number of anilines is 1. The van der Waals surface area contributed by atoms with E-state index in [0.717, 1.165) is 22.7 Å². The Balaban J connectivity index is 1.80. The predicted octanol–water partition coefficient (Wildman–Crippen LogP) is 2.47. The van der Waals surface area contributed by atoms with Crippen LogP contribution in [-0.2, 0) is 6.54 Å². The van der Waals surface area contributed by atoms with Crippen LogP contribution in [0, 0.1) is 11.3 Å². The summed E-state index contributed by atoms with van der Waals surface area (Å²) in [5.74, 6) is 1.70. The molecule has 3 aromatic rings. The van der Waals surface area contributed by atoms with Gasteiger partial charge in [0, 0.05) is 13.2 Å². The lowest BCUT2D eigenvalue weighted by molar-refractivity contribution is 0.847. The number of imidazole rings is 1. The number of nitrogens with one attached hydrogen (secondary N) is 1. The lowest BCUT2D eigenvalue weighted by atomic mass is 10.3. The van der Waals surface area contributed by atoms with Crippen molar-refractivity contribution in [3.05, 3.63) is 54.0 Å². The Kier molecular flexibility index (Phi) is 3.05. The molecule has 0 fully saturated rings. The van der Waals surface area contributed by atoms with Crippen molar-refractivity contribution in [2.24, 2.45) is 0 Å². The van der Waals surface area contributed by atoms with E-state index in [2.05, 4.69) is 21.0 Å². The number of rotatable bonds is 3. The number of benzene rings is 1. The first-order valence-corrected chi connectivity index (χ1v) is 6.27. The number of hydrogen-bond donors (Lipinski definition) is 1. The minimum atomic E-state index is 0.561. The van der Waals surface area contributed by atoms with Gasteiger partial charge >= 0.3 is 0 Å². The average molecular weight is 263 g/mol. The van der Waals surface area contributed by atoms with E-state index in [-0.39, 0.29) is 0 Å². The van der Waals surface area contributed by atoms with Crippen LogP contribution in [0.3, 0.4) is 0 Å². The molecule has 0 aliphatic rings. The number of fused-ring (bicyclic) bond motifs is 1. The molecule has 5 nitrogen and oxygen atoms in total. The summed E-state index contributed by atoms with van der Waals surface area (Å²) in [4.78, 5) is 14.1. The van der Waals surface area contributed by atoms with Crippen LogP contribution in [0.1, 0.15) is 11.4 Å². The van der Waals surface area contributed by atoms with Gasteiger partial charge in [0.2, 0.25) is 0 Å². The highest BCUT2D eigenvalue weighted by Gasteiger charge is 2.07. The number of pyridine rings is 1. The van der Waals surface area contributed by atoms with E-state index in [1.165, 1.54) is 0 Å². The summed E-state index contributed by atoms with van der Waals surface area (Å²) < 4.78 is 0. The van der Waals surface area contributed by atoms with Crippen molar-refractivity contribution >= 4 is 16.9 Å². The third kappa shape index (κ3) is 2.31. The zero-order valence-corrected chi connectivity index (χ0v) is 11.0. The molecule has 20 heavy (non-hydrogen) atoms. The number of H-pyrrole nitrogens is 1. The summed E-state index contributed by atoms with van der Waals surface area (Å²) in [5, 5.41) is 8.76. The van der Waals surface area contributed by atoms with Gasteiger partial charge in [-0.15, -0.1) is 0 Å². The van der Waals surface area contributed by atoms with Crippen LogP contribution in [0.25, 0.3) is 11.0 Å². The molecule has 1 N–H and O–H groups in total. The fourth-order valence-electron chi connectivity index (χ4n) is 2.06. The van der Waals surface area contributed by atoms with Gasteiger partial charge in [-0.2, -0.15) is 5.26 Å². The van der Waals surface area contributed by atoms with Crippen LogP contribution in [-0.4, -0.2) is 22.0 Å². The standard InChI is InChI=1S/C15H13N5/c1-20(15-7-6-11(8-16)9-17-15)10-14-18-12-4-2-3-5-13(12)19-14/h2-7,9H,10H2,1H3,(H,18,19). The first-order chi connectivity index (χ1) is 9.76. The average Bonchev–Trinajstić information content (AvgIpc) is 2.89. The van der Waals surface area contributed by atoms with Crippen molar-refractivity contribution in [2.45, 2.75) is 6.54 Å². The van der Waals surface area contributed by atoms with E-state index in [0.29, 0.717) is 12.1 Å². The molecule has 0 bridgehead atoms. The maximum Gasteiger partial charge on any atom is 0.128 e. The first-order valence-electron chi connectivity index (χ1n) is 6.27. The molecule has 2 heterocycles. The van der Waals surface area contributed by atoms with E-state index in [1.807, 2.05) is 42.3 Å². The number of hydrogen-bond acceptors (Lipinski definition) is 4. The molecule has 0 unspecified atom stereocenters. The van der Waals surface area contributed by atoms with E-state index in [1.54, 1.807) is 12.3 Å². The molecular weight excluding hydrogens is 250 g/mol. The Hall–Kier alpha value is -2.87. The molecular formula is C15H13N5. The molecule has 2 aromatic heterocycles. The second-order valence-corrected chi connectivity index (χ2v) is 4.57. The van der Waals surface area contributed by atoms with E-state index < -0.39 is 0 Å². The predicted molar refractivity (Wildman–Crippen MR) is 77.2 cm³/mol. The van der Waals surface area contributed by atoms with Gasteiger partial charge in [0.15, 0.2) is 0 Å². The fraction of sp³-hybridized carbons (Fsp3) is 0.133. The lowest BCUT2D eigenvalue weighted by Gasteiger charge is -2.16. The normalized spacial score (nSPS) is 10.4. The van der Waals surface area contributed by atoms with Gasteiger partial charge < -0.3 is 9.88 Å². The van der Waals surface area contributed by atoms with Crippen molar-refractivity contribution in [3.63, 3.8) is 0 Å². The van der Waals surface area contributed by atoms with Crippen LogP contribution in [0.2, 0.25) is 0 Å². The SMILES string of the molecule is CN(Cc1nc2ccccc2[nH]1)c1ccc(C#N)cn1. The summed E-state index contributed by atoms with van der Waals surface area (Å²) in [5.41, 5.74) is 2.55. The smallest absolute Gasteiger partial charge is 0.128 e. The second-order valence-electron chi connectivity index (χ2n) is 4.57. The molecule has 0 aliphatic carbocycles. The Labute approximate surface area is 116 Å². The number of aromatic amines is 1. The number of para-hydroxylation sites is 2. The molecule has 0 saturated carbocycles. The van der Waals surface area contributed by atoms with Gasteiger partial charge in [-0.05, 0) is 24.3 Å². The third-order valence-corrected chi connectivity index (χ3v) is 3.09. The maximum atomic E-state index is 8.76. The first kappa shape index (κ1) is 12.2. The van der Waals surface area contributed by atoms with Crippen molar-refractivity contribution in [1.29, 1.82) is 5.26 Å². The zero-order chi connectivity index (χ0) is 13.9.